The van der Waals surface area contributed by atoms with Crippen molar-refractivity contribution in [3.8, 4) is 5.75 Å². The van der Waals surface area contributed by atoms with Gasteiger partial charge in [0.1, 0.15) is 12.3 Å². The van der Waals surface area contributed by atoms with Gasteiger partial charge in [-0.05, 0) is 62.0 Å². The van der Waals surface area contributed by atoms with E-state index in [1.165, 1.54) is 0 Å². The summed E-state index contributed by atoms with van der Waals surface area (Å²) in [4.78, 5) is 12.4. The smallest absolute Gasteiger partial charge is 0.246 e. The molecule has 0 saturated carbocycles. The van der Waals surface area contributed by atoms with Gasteiger partial charge < -0.3 is 10.1 Å². The number of hydrogen-bond donors (Lipinski definition) is 1. The number of amides is 1. The lowest BCUT2D eigenvalue weighted by Gasteiger charge is -2.07. The van der Waals surface area contributed by atoms with Crippen LogP contribution in [0.5, 0.6) is 5.75 Å². The minimum Gasteiger partial charge on any atom is -0.494 e. The number of ether oxygens (including phenoxy) is 1. The molecule has 2 heterocycles. The minimum absolute atomic E-state index is 0.0526. The van der Waals surface area contributed by atoms with Gasteiger partial charge >= 0.3 is 0 Å². The van der Waals surface area contributed by atoms with Crippen molar-refractivity contribution in [3.05, 3.63) is 59.4 Å². The van der Waals surface area contributed by atoms with Crippen molar-refractivity contribution in [2.24, 2.45) is 0 Å². The number of nitrogens with one attached hydrogen (secondary N) is 1. The van der Waals surface area contributed by atoms with Crippen molar-refractivity contribution >= 4 is 23.8 Å². The Morgan fingerprint density at radius 2 is 1.89 bits per heavy atom. The molecule has 0 aliphatic heterocycles. The molecule has 8 heteroatoms. The van der Waals surface area contributed by atoms with Crippen molar-refractivity contribution in [3.63, 3.8) is 0 Å². The van der Waals surface area contributed by atoms with E-state index < -0.39 is 0 Å². The predicted molar refractivity (Wildman–Crippen MR) is 107 cm³/mol. The zero-order chi connectivity index (χ0) is 19.2. The van der Waals surface area contributed by atoms with Gasteiger partial charge in [0.05, 0.1) is 6.61 Å². The highest BCUT2D eigenvalue weighted by Gasteiger charge is 2.14. The molecule has 0 spiro atoms. The number of anilines is 1. The van der Waals surface area contributed by atoms with E-state index in [1.54, 1.807) is 4.68 Å². The summed E-state index contributed by atoms with van der Waals surface area (Å²) in [5.74, 6) is 1.41. The average Bonchev–Trinajstić information content (AvgIpc) is 3.26. The summed E-state index contributed by atoms with van der Waals surface area (Å²) in [6, 6.07) is 11.1. The number of carbonyl (C=O) groups is 1. The number of aromatic nitrogens is 4. The highest BCUT2D eigenvalue weighted by atomic mass is 32.1. The molecule has 142 valence electrons. The molecule has 0 aliphatic carbocycles. The lowest BCUT2D eigenvalue weighted by molar-refractivity contribution is -0.116. The summed E-state index contributed by atoms with van der Waals surface area (Å²) in [7, 11) is 0. The Balaban J connectivity index is 1.76. The van der Waals surface area contributed by atoms with Crippen LogP contribution in [0.1, 0.15) is 26.1 Å². The lowest BCUT2D eigenvalue weighted by Crippen LogP contribution is -2.20. The summed E-state index contributed by atoms with van der Waals surface area (Å²) in [5, 5.41) is 7.41. The Morgan fingerprint density at radius 1 is 1.19 bits per heavy atom. The Labute approximate surface area is 163 Å². The molecular formula is C19H23N5O2S. The van der Waals surface area contributed by atoms with Crippen LogP contribution < -0.4 is 10.1 Å². The molecule has 1 N–H and O–H groups in total. The fourth-order valence-corrected chi connectivity index (χ4v) is 3.06. The first-order chi connectivity index (χ1) is 13.1. The van der Waals surface area contributed by atoms with Gasteiger partial charge in [-0.25, -0.2) is 9.36 Å². The Kier molecular flexibility index (Phi) is 6.08. The van der Waals surface area contributed by atoms with Crippen LogP contribution in [0, 0.1) is 4.77 Å². The monoisotopic (exact) mass is 385 g/mol. The lowest BCUT2D eigenvalue weighted by atomic mass is 10.3. The Bertz CT molecular complexity index is 942. The summed E-state index contributed by atoms with van der Waals surface area (Å²) in [6.07, 6.45) is 5.52. The second-order valence-electron chi connectivity index (χ2n) is 5.99. The van der Waals surface area contributed by atoms with Gasteiger partial charge in [-0.1, -0.05) is 6.92 Å². The fraction of sp³-hybridized carbons (Fsp3) is 0.316. The molecule has 2 aromatic heterocycles. The van der Waals surface area contributed by atoms with Gasteiger partial charge in [0.15, 0.2) is 5.82 Å². The summed E-state index contributed by atoms with van der Waals surface area (Å²) in [6.45, 7) is 4.67. The largest absolute Gasteiger partial charge is 0.494 e. The van der Waals surface area contributed by atoms with Gasteiger partial charge in [0.25, 0.3) is 0 Å². The average molecular weight is 385 g/mol. The molecule has 0 atom stereocenters. The fourth-order valence-electron chi connectivity index (χ4n) is 2.76. The maximum atomic E-state index is 12.4. The minimum atomic E-state index is -0.185. The highest BCUT2D eigenvalue weighted by Crippen LogP contribution is 2.15. The van der Waals surface area contributed by atoms with Crippen molar-refractivity contribution in [1.82, 2.24) is 19.1 Å². The van der Waals surface area contributed by atoms with E-state index in [-0.39, 0.29) is 12.5 Å². The maximum absolute atomic E-state index is 12.4. The molecule has 1 aromatic carbocycles. The molecule has 0 unspecified atom stereocenters. The highest BCUT2D eigenvalue weighted by molar-refractivity contribution is 7.71. The van der Waals surface area contributed by atoms with Gasteiger partial charge in [-0.2, -0.15) is 5.10 Å². The molecule has 0 saturated heterocycles. The zero-order valence-electron chi connectivity index (χ0n) is 15.5. The molecule has 0 radical (unpaired) electrons. The first kappa shape index (κ1) is 18.9. The topological polar surface area (TPSA) is 66.0 Å². The number of aryl methyl sites for hydroxylation is 1. The van der Waals surface area contributed by atoms with E-state index in [0.717, 1.165) is 24.4 Å². The van der Waals surface area contributed by atoms with Crippen molar-refractivity contribution in [2.45, 2.75) is 33.2 Å². The van der Waals surface area contributed by atoms with Crippen LogP contribution in [0.25, 0.3) is 0 Å². The molecular weight excluding hydrogens is 362 g/mol. The third kappa shape index (κ3) is 4.46. The van der Waals surface area contributed by atoms with Crippen molar-refractivity contribution in [2.75, 3.05) is 11.9 Å². The molecule has 3 aromatic rings. The third-order valence-electron chi connectivity index (χ3n) is 3.92. The van der Waals surface area contributed by atoms with Gasteiger partial charge in [-0.15, -0.1) is 0 Å². The molecule has 0 bridgehead atoms. The molecule has 27 heavy (non-hydrogen) atoms. The number of hydrogen-bond acceptors (Lipinski definition) is 4. The maximum Gasteiger partial charge on any atom is 0.246 e. The molecule has 0 fully saturated rings. The Hall–Kier alpha value is -2.87. The normalized spacial score (nSPS) is 10.7. The van der Waals surface area contributed by atoms with Crippen LogP contribution in [0.4, 0.5) is 5.69 Å². The number of rotatable bonds is 8. The Morgan fingerprint density at radius 3 is 2.52 bits per heavy atom. The SMILES string of the molecule is CCCc1nn(CC(=O)Nc2ccc(OCC)cc2)c(=S)n1-n1cccc1. The summed E-state index contributed by atoms with van der Waals surface area (Å²) < 4.78 is 11.2. The second kappa shape index (κ2) is 8.68. The summed E-state index contributed by atoms with van der Waals surface area (Å²) in [5.41, 5.74) is 0.702. The molecule has 7 nitrogen and oxygen atoms in total. The predicted octanol–water partition coefficient (Wildman–Crippen LogP) is 3.52. The van der Waals surface area contributed by atoms with Crippen LogP contribution in [-0.2, 0) is 17.8 Å². The summed E-state index contributed by atoms with van der Waals surface area (Å²) >= 11 is 5.55. The van der Waals surface area contributed by atoms with Crippen molar-refractivity contribution in [1.29, 1.82) is 0 Å². The molecule has 0 aliphatic rings. The van der Waals surface area contributed by atoms with E-state index in [4.69, 9.17) is 17.0 Å². The molecule has 1 amide bonds. The van der Waals surface area contributed by atoms with Gasteiger partial charge in [0.2, 0.25) is 10.7 Å². The zero-order valence-corrected chi connectivity index (χ0v) is 16.3. The first-order valence-electron chi connectivity index (χ1n) is 8.97. The number of benzene rings is 1. The molecule has 3 rings (SSSR count). The van der Waals surface area contributed by atoms with Crippen LogP contribution >= 0.6 is 12.2 Å². The van der Waals surface area contributed by atoms with E-state index in [0.29, 0.717) is 17.1 Å². The van der Waals surface area contributed by atoms with Crippen LogP contribution in [0.2, 0.25) is 0 Å². The van der Waals surface area contributed by atoms with Crippen molar-refractivity contribution < 1.29 is 9.53 Å². The number of nitrogens with zero attached hydrogens (tertiary/aromatic N) is 4. The van der Waals surface area contributed by atoms with Crippen LogP contribution in [0.15, 0.2) is 48.8 Å². The number of carbonyl (C=O) groups excluding carboxylic acids is 1. The van der Waals surface area contributed by atoms with Crippen LogP contribution in [-0.4, -0.2) is 31.6 Å². The van der Waals surface area contributed by atoms with Gasteiger partial charge in [0, 0.05) is 24.5 Å². The van der Waals surface area contributed by atoms with Crippen LogP contribution in [0.3, 0.4) is 0 Å². The van der Waals surface area contributed by atoms with E-state index in [9.17, 15) is 4.79 Å². The van der Waals surface area contributed by atoms with E-state index in [1.807, 2.05) is 65.1 Å². The van der Waals surface area contributed by atoms with E-state index in [2.05, 4.69) is 17.3 Å². The quantitative estimate of drug-likeness (QED) is 0.603. The van der Waals surface area contributed by atoms with Gasteiger partial charge in [-0.3, -0.25) is 9.47 Å². The second-order valence-corrected chi connectivity index (χ2v) is 6.35. The van der Waals surface area contributed by atoms with E-state index >= 15 is 0 Å². The standard InChI is InChI=1S/C19H23N5O2S/c1-3-7-17-21-23(19(27)24(17)22-12-5-6-13-22)14-18(25)20-15-8-10-16(11-9-15)26-4-2/h5-6,8-13H,3-4,7,14H2,1-2H3,(H,20,25). The third-order valence-corrected chi connectivity index (χ3v) is 4.30. The first-order valence-corrected chi connectivity index (χ1v) is 9.38.